The lowest BCUT2D eigenvalue weighted by Crippen LogP contribution is -2.51. The van der Waals surface area contributed by atoms with Gasteiger partial charge in [-0.2, -0.15) is 26.3 Å². The third-order valence-electron chi connectivity index (χ3n) is 4.69. The van der Waals surface area contributed by atoms with E-state index in [2.05, 4.69) is 5.43 Å². The highest BCUT2D eigenvalue weighted by molar-refractivity contribution is 5.68. The Balaban J connectivity index is 2.13. The summed E-state index contributed by atoms with van der Waals surface area (Å²) in [6, 6.07) is 10.7. The van der Waals surface area contributed by atoms with Gasteiger partial charge >= 0.3 is 12.4 Å². The third-order valence-corrected chi connectivity index (χ3v) is 4.69. The van der Waals surface area contributed by atoms with Crippen LogP contribution in [0, 0.1) is 13.8 Å². The maximum absolute atomic E-state index is 13.0. The molecule has 2 aromatic rings. The van der Waals surface area contributed by atoms with Gasteiger partial charge in [0.1, 0.15) is 6.54 Å². The third kappa shape index (κ3) is 4.83. The number of hydrogen-bond donors (Lipinski definition) is 1. The summed E-state index contributed by atoms with van der Waals surface area (Å²) in [5.74, 6) is -0.526. The van der Waals surface area contributed by atoms with Gasteiger partial charge in [0.2, 0.25) is 5.88 Å². The molecule has 0 fully saturated rings. The lowest BCUT2D eigenvalue weighted by Gasteiger charge is -2.32. The average Bonchev–Trinajstić information content (AvgIpc) is 2.63. The predicted molar refractivity (Wildman–Crippen MR) is 101 cm³/mol. The van der Waals surface area contributed by atoms with Gasteiger partial charge in [-0.15, -0.1) is 0 Å². The van der Waals surface area contributed by atoms with Crippen LogP contribution in [0.4, 0.5) is 26.3 Å². The zero-order valence-electron chi connectivity index (χ0n) is 16.4. The van der Waals surface area contributed by atoms with E-state index in [4.69, 9.17) is 4.74 Å². The van der Waals surface area contributed by atoms with Crippen molar-refractivity contribution in [1.29, 1.82) is 0 Å². The molecule has 0 saturated heterocycles. The van der Waals surface area contributed by atoms with E-state index in [9.17, 15) is 26.3 Å². The van der Waals surface area contributed by atoms with Gasteiger partial charge < -0.3 is 10.2 Å². The molecule has 0 unspecified atom stereocenters. The van der Waals surface area contributed by atoms with Gasteiger partial charge in [0.05, 0.1) is 0 Å². The summed E-state index contributed by atoms with van der Waals surface area (Å²) in [5, 5.41) is 1.10. The van der Waals surface area contributed by atoms with Gasteiger partial charge in [-0.25, -0.2) is 5.01 Å². The normalized spacial score (nSPS) is 15.2. The summed E-state index contributed by atoms with van der Waals surface area (Å²) in [7, 11) is 0. The van der Waals surface area contributed by atoms with Gasteiger partial charge in [0.15, 0.2) is 6.10 Å². The second-order valence-corrected chi connectivity index (χ2v) is 7.20. The number of alkyl halides is 6. The summed E-state index contributed by atoms with van der Waals surface area (Å²) in [6.45, 7) is 3.10. The van der Waals surface area contributed by atoms with Crippen molar-refractivity contribution in [3.63, 3.8) is 0 Å². The molecule has 162 valence electrons. The Labute approximate surface area is 169 Å². The molecule has 0 radical (unpaired) electrons. The highest BCUT2D eigenvalue weighted by Gasteiger charge is 2.41. The molecule has 3 nitrogen and oxygen atoms in total. The van der Waals surface area contributed by atoms with Crippen LogP contribution in [0.3, 0.4) is 0 Å². The van der Waals surface area contributed by atoms with E-state index in [0.717, 1.165) is 29.2 Å². The summed E-state index contributed by atoms with van der Waals surface area (Å²) >= 11 is 0. The number of aryl methyl sites for hydroxylation is 2. The first-order chi connectivity index (χ1) is 13.8. The molecule has 0 aliphatic carbocycles. The van der Waals surface area contributed by atoms with E-state index in [0.29, 0.717) is 10.2 Å². The molecule has 1 heterocycles. The van der Waals surface area contributed by atoms with E-state index >= 15 is 0 Å². The fourth-order valence-corrected chi connectivity index (χ4v) is 3.10. The van der Waals surface area contributed by atoms with Crippen LogP contribution in [-0.2, 0) is 4.74 Å². The van der Waals surface area contributed by atoms with Gasteiger partial charge in [-0.1, -0.05) is 29.8 Å². The molecule has 1 aliphatic rings. The molecular weight excluding hydrogens is 410 g/mol. The van der Waals surface area contributed by atoms with E-state index in [1.807, 2.05) is 32.0 Å². The fourth-order valence-electron chi connectivity index (χ4n) is 3.10. The Kier molecular flexibility index (Phi) is 5.66. The highest BCUT2D eigenvalue weighted by atomic mass is 19.4. The number of hydrazine groups is 1. The number of nitrogens with one attached hydrogen (secondary N) is 1. The van der Waals surface area contributed by atoms with E-state index < -0.39 is 30.9 Å². The Hall–Kier alpha value is -2.84. The second kappa shape index (κ2) is 7.77. The minimum Gasteiger partial charge on any atom is -0.465 e. The van der Waals surface area contributed by atoms with Gasteiger partial charge in [0, 0.05) is 16.6 Å². The van der Waals surface area contributed by atoms with Crippen LogP contribution in [0.1, 0.15) is 18.1 Å². The van der Waals surface area contributed by atoms with E-state index in [-0.39, 0.29) is 5.22 Å². The smallest absolute Gasteiger partial charge is 0.425 e. The molecule has 2 aromatic carbocycles. The van der Waals surface area contributed by atoms with Crippen LogP contribution in [-0.4, -0.2) is 30.0 Å². The van der Waals surface area contributed by atoms with Gasteiger partial charge in [0.25, 0.3) is 0 Å². The SMILES string of the molecule is Cc1ccc(C)c(-c2ccc3c(c2)=CNN(CC(F)(F)F)C=3O[C@H](C)C(F)(F)F)c1. The molecule has 0 saturated carbocycles. The average molecular weight is 430 g/mol. The summed E-state index contributed by atoms with van der Waals surface area (Å²) in [6.07, 6.45) is -10.3. The zero-order chi connectivity index (χ0) is 22.3. The summed E-state index contributed by atoms with van der Waals surface area (Å²) in [5.41, 5.74) is 6.14. The Bertz CT molecular complexity index is 1060. The van der Waals surface area contributed by atoms with Crippen molar-refractivity contribution in [2.75, 3.05) is 6.54 Å². The number of halogens is 6. The first kappa shape index (κ1) is 21.9. The molecule has 30 heavy (non-hydrogen) atoms. The molecule has 0 amide bonds. The molecule has 3 rings (SSSR count). The molecular formula is C21H20F6N2O. The van der Waals surface area contributed by atoms with Crippen molar-refractivity contribution in [3.05, 3.63) is 58.0 Å². The molecule has 9 heteroatoms. The molecule has 1 N–H and O–H groups in total. The van der Waals surface area contributed by atoms with Crippen molar-refractivity contribution >= 4 is 12.1 Å². The van der Waals surface area contributed by atoms with Crippen LogP contribution in [0.5, 0.6) is 0 Å². The van der Waals surface area contributed by atoms with Crippen LogP contribution < -0.4 is 15.9 Å². The number of ether oxygens (including phenoxy) is 1. The lowest BCUT2D eigenvalue weighted by atomic mass is 9.97. The first-order valence-electron chi connectivity index (χ1n) is 9.11. The van der Waals surface area contributed by atoms with Crippen molar-refractivity contribution in [2.24, 2.45) is 0 Å². The monoisotopic (exact) mass is 430 g/mol. The maximum Gasteiger partial charge on any atom is 0.425 e. The highest BCUT2D eigenvalue weighted by Crippen LogP contribution is 2.27. The van der Waals surface area contributed by atoms with Gasteiger partial charge in [-0.05, 0) is 49.6 Å². The Morgan fingerprint density at radius 1 is 1.00 bits per heavy atom. The van der Waals surface area contributed by atoms with Crippen molar-refractivity contribution in [2.45, 2.75) is 39.2 Å². The maximum atomic E-state index is 13.0. The number of fused-ring (bicyclic) bond motifs is 1. The van der Waals surface area contributed by atoms with Crippen molar-refractivity contribution in [3.8, 4) is 11.1 Å². The largest absolute Gasteiger partial charge is 0.465 e. The quantitative estimate of drug-likeness (QED) is 0.739. The minimum absolute atomic E-state index is 0.142. The molecule has 1 aliphatic heterocycles. The lowest BCUT2D eigenvalue weighted by molar-refractivity contribution is -0.203. The number of rotatable bonds is 4. The molecule has 0 bridgehead atoms. The minimum atomic E-state index is -4.73. The van der Waals surface area contributed by atoms with E-state index in [1.165, 1.54) is 12.3 Å². The topological polar surface area (TPSA) is 24.5 Å². The number of benzene rings is 2. The van der Waals surface area contributed by atoms with Crippen LogP contribution >= 0.6 is 0 Å². The zero-order valence-corrected chi connectivity index (χ0v) is 16.4. The van der Waals surface area contributed by atoms with E-state index in [1.54, 1.807) is 12.1 Å². The standard InChI is InChI=1S/C21H20F6N2O/c1-12-4-5-13(2)18(8-12)15-6-7-17-16(9-15)10-28-29(11-20(22,23)24)19(17)30-14(3)21(25,26)27/h4-10,14,28H,11H2,1-3H3/t14-/m1/s1. The predicted octanol–water partition coefficient (Wildman–Crippen LogP) is 4.12. The first-order valence-corrected chi connectivity index (χ1v) is 9.11. The summed E-state index contributed by atoms with van der Waals surface area (Å²) in [4.78, 5) is 0. The number of hydrogen-bond acceptors (Lipinski definition) is 3. The Morgan fingerprint density at radius 2 is 1.70 bits per heavy atom. The molecule has 1 atom stereocenters. The number of nitrogens with zero attached hydrogens (tertiary/aromatic N) is 1. The van der Waals surface area contributed by atoms with Crippen molar-refractivity contribution < 1.29 is 31.1 Å². The van der Waals surface area contributed by atoms with Crippen molar-refractivity contribution in [1.82, 2.24) is 10.4 Å². The fraction of sp³-hybridized carbons (Fsp3) is 0.333. The van der Waals surface area contributed by atoms with Crippen LogP contribution in [0.15, 0.2) is 36.4 Å². The van der Waals surface area contributed by atoms with Gasteiger partial charge in [-0.3, -0.25) is 0 Å². The summed E-state index contributed by atoms with van der Waals surface area (Å²) < 4.78 is 82.8. The second-order valence-electron chi connectivity index (χ2n) is 7.20. The molecule has 0 spiro atoms. The molecule has 0 aromatic heterocycles. The Morgan fingerprint density at radius 3 is 2.33 bits per heavy atom. The van der Waals surface area contributed by atoms with Crippen LogP contribution in [0.25, 0.3) is 23.2 Å². The van der Waals surface area contributed by atoms with Crippen LogP contribution in [0.2, 0.25) is 0 Å².